The van der Waals surface area contributed by atoms with Crippen molar-refractivity contribution in [3.05, 3.63) is 17.7 Å². The lowest BCUT2D eigenvalue weighted by atomic mass is 10.1. The Bertz CT molecular complexity index is 513. The van der Waals surface area contributed by atoms with Crippen LogP contribution in [-0.2, 0) is 11.3 Å². The highest BCUT2D eigenvalue weighted by atomic mass is 16.7. The van der Waals surface area contributed by atoms with Crippen LogP contribution in [0.25, 0.3) is 0 Å². The fourth-order valence-corrected chi connectivity index (χ4v) is 2.55. The van der Waals surface area contributed by atoms with Gasteiger partial charge in [-0.05, 0) is 6.07 Å². The van der Waals surface area contributed by atoms with E-state index in [-0.39, 0.29) is 18.9 Å². The average molecular weight is 233 g/mol. The summed E-state index contributed by atoms with van der Waals surface area (Å²) in [7, 11) is 0. The standard InChI is InChI=1S/C12H11NO4/c14-11-1-2-12-13(11)5-7-3-9-10(16-6-15-9)4-8(7)17-12/h3-4,12H,1-2,5-6H2. The first kappa shape index (κ1) is 9.15. The number of rotatable bonds is 0. The maximum atomic E-state index is 11.6. The molecule has 17 heavy (non-hydrogen) atoms. The molecule has 1 amide bonds. The zero-order chi connectivity index (χ0) is 11.4. The molecule has 88 valence electrons. The summed E-state index contributed by atoms with van der Waals surface area (Å²) in [5.74, 6) is 2.43. The number of amides is 1. The van der Waals surface area contributed by atoms with Crippen LogP contribution in [0, 0.1) is 0 Å². The van der Waals surface area contributed by atoms with Crippen molar-refractivity contribution in [1.29, 1.82) is 0 Å². The van der Waals surface area contributed by atoms with Gasteiger partial charge in [0.1, 0.15) is 5.75 Å². The predicted molar refractivity (Wildman–Crippen MR) is 56.8 cm³/mol. The maximum Gasteiger partial charge on any atom is 0.231 e. The summed E-state index contributed by atoms with van der Waals surface area (Å²) in [5, 5.41) is 0. The molecule has 4 rings (SSSR count). The first-order valence-corrected chi connectivity index (χ1v) is 5.70. The molecule has 0 N–H and O–H groups in total. The van der Waals surface area contributed by atoms with Crippen molar-refractivity contribution in [3.63, 3.8) is 0 Å². The van der Waals surface area contributed by atoms with E-state index in [0.29, 0.717) is 13.0 Å². The van der Waals surface area contributed by atoms with E-state index < -0.39 is 0 Å². The molecule has 0 aromatic heterocycles. The molecule has 0 spiro atoms. The molecule has 1 fully saturated rings. The topological polar surface area (TPSA) is 48.0 Å². The highest BCUT2D eigenvalue weighted by molar-refractivity contribution is 5.79. The van der Waals surface area contributed by atoms with Gasteiger partial charge in [-0.25, -0.2) is 0 Å². The molecular formula is C12H11NO4. The van der Waals surface area contributed by atoms with Gasteiger partial charge in [0.25, 0.3) is 0 Å². The van der Waals surface area contributed by atoms with Gasteiger partial charge in [0.05, 0.1) is 6.54 Å². The fraction of sp³-hybridized carbons (Fsp3) is 0.417. The van der Waals surface area contributed by atoms with Gasteiger partial charge in [-0.2, -0.15) is 0 Å². The monoisotopic (exact) mass is 233 g/mol. The number of nitrogens with zero attached hydrogens (tertiary/aromatic N) is 1. The zero-order valence-corrected chi connectivity index (χ0v) is 9.14. The number of carbonyl (C=O) groups is 1. The number of hydrogen-bond donors (Lipinski definition) is 0. The molecule has 0 bridgehead atoms. The van der Waals surface area contributed by atoms with E-state index in [0.717, 1.165) is 29.2 Å². The Morgan fingerprint density at radius 3 is 2.88 bits per heavy atom. The Labute approximate surface area is 97.9 Å². The Kier molecular flexibility index (Phi) is 1.65. The third-order valence-corrected chi connectivity index (χ3v) is 3.43. The van der Waals surface area contributed by atoms with Gasteiger partial charge >= 0.3 is 0 Å². The Morgan fingerprint density at radius 2 is 2.00 bits per heavy atom. The van der Waals surface area contributed by atoms with Crippen LogP contribution in [0.4, 0.5) is 0 Å². The van der Waals surface area contributed by atoms with Crippen molar-refractivity contribution in [2.24, 2.45) is 0 Å². The third kappa shape index (κ3) is 1.22. The Balaban J connectivity index is 1.77. The van der Waals surface area contributed by atoms with Gasteiger partial charge in [-0.3, -0.25) is 4.79 Å². The van der Waals surface area contributed by atoms with E-state index in [1.807, 2.05) is 12.1 Å². The van der Waals surface area contributed by atoms with Crippen LogP contribution in [0.5, 0.6) is 17.2 Å². The van der Waals surface area contributed by atoms with Crippen molar-refractivity contribution in [2.75, 3.05) is 6.79 Å². The van der Waals surface area contributed by atoms with Gasteiger partial charge in [0.2, 0.25) is 12.7 Å². The summed E-state index contributed by atoms with van der Waals surface area (Å²) in [6, 6.07) is 3.76. The lowest BCUT2D eigenvalue weighted by molar-refractivity contribution is -0.134. The molecule has 3 aliphatic rings. The Morgan fingerprint density at radius 1 is 1.18 bits per heavy atom. The summed E-state index contributed by atoms with van der Waals surface area (Å²) in [6.45, 7) is 0.861. The molecule has 1 atom stereocenters. The van der Waals surface area contributed by atoms with Gasteiger partial charge in [0, 0.05) is 24.5 Å². The first-order valence-electron chi connectivity index (χ1n) is 5.70. The molecule has 1 aromatic carbocycles. The lowest BCUT2D eigenvalue weighted by Gasteiger charge is -2.31. The maximum absolute atomic E-state index is 11.6. The highest BCUT2D eigenvalue weighted by Gasteiger charge is 2.37. The minimum absolute atomic E-state index is 0.102. The minimum atomic E-state index is -0.102. The smallest absolute Gasteiger partial charge is 0.231 e. The first-order chi connectivity index (χ1) is 8.31. The van der Waals surface area contributed by atoms with E-state index in [1.54, 1.807) is 4.90 Å². The molecule has 0 aliphatic carbocycles. The van der Waals surface area contributed by atoms with E-state index in [4.69, 9.17) is 14.2 Å². The second kappa shape index (κ2) is 3.06. The number of fused-ring (bicyclic) bond motifs is 3. The zero-order valence-electron chi connectivity index (χ0n) is 9.14. The van der Waals surface area contributed by atoms with Crippen molar-refractivity contribution in [1.82, 2.24) is 4.90 Å². The van der Waals surface area contributed by atoms with Crippen molar-refractivity contribution < 1.29 is 19.0 Å². The highest BCUT2D eigenvalue weighted by Crippen LogP contribution is 2.42. The molecule has 0 radical (unpaired) electrons. The molecule has 1 aromatic rings. The molecule has 1 saturated heterocycles. The second-order valence-corrected chi connectivity index (χ2v) is 4.45. The number of benzene rings is 1. The number of hydrogen-bond acceptors (Lipinski definition) is 4. The van der Waals surface area contributed by atoms with E-state index in [9.17, 15) is 4.79 Å². The minimum Gasteiger partial charge on any atom is -0.470 e. The fourth-order valence-electron chi connectivity index (χ4n) is 2.55. The van der Waals surface area contributed by atoms with Crippen LogP contribution >= 0.6 is 0 Å². The third-order valence-electron chi connectivity index (χ3n) is 3.43. The molecule has 0 saturated carbocycles. The van der Waals surface area contributed by atoms with Gasteiger partial charge < -0.3 is 19.1 Å². The van der Waals surface area contributed by atoms with Crippen LogP contribution in [-0.4, -0.2) is 23.8 Å². The molecule has 1 unspecified atom stereocenters. The molecule has 3 heterocycles. The number of ether oxygens (including phenoxy) is 3. The second-order valence-electron chi connectivity index (χ2n) is 4.45. The average Bonchev–Trinajstić information content (AvgIpc) is 2.91. The largest absolute Gasteiger partial charge is 0.470 e. The van der Waals surface area contributed by atoms with E-state index >= 15 is 0 Å². The van der Waals surface area contributed by atoms with Crippen LogP contribution in [0.15, 0.2) is 12.1 Å². The van der Waals surface area contributed by atoms with Crippen LogP contribution in [0.2, 0.25) is 0 Å². The summed E-state index contributed by atoms with van der Waals surface area (Å²) >= 11 is 0. The van der Waals surface area contributed by atoms with E-state index in [2.05, 4.69) is 0 Å². The van der Waals surface area contributed by atoms with Crippen molar-refractivity contribution >= 4 is 5.91 Å². The molecule has 5 heteroatoms. The lowest BCUT2D eigenvalue weighted by Crippen LogP contribution is -2.39. The van der Waals surface area contributed by atoms with Gasteiger partial charge in [-0.1, -0.05) is 0 Å². The van der Waals surface area contributed by atoms with Gasteiger partial charge in [0.15, 0.2) is 17.7 Å². The van der Waals surface area contributed by atoms with Crippen LogP contribution in [0.3, 0.4) is 0 Å². The van der Waals surface area contributed by atoms with Crippen molar-refractivity contribution in [2.45, 2.75) is 25.6 Å². The van der Waals surface area contributed by atoms with E-state index in [1.165, 1.54) is 0 Å². The quantitative estimate of drug-likeness (QED) is 0.676. The van der Waals surface area contributed by atoms with Crippen LogP contribution in [0.1, 0.15) is 18.4 Å². The summed E-state index contributed by atoms with van der Waals surface area (Å²) < 4.78 is 16.5. The normalized spacial score (nSPS) is 24.4. The summed E-state index contributed by atoms with van der Waals surface area (Å²) in [4.78, 5) is 13.4. The SMILES string of the molecule is O=C1CCC2Oc3cc4c(cc3CN12)OCO4. The molecule has 5 nitrogen and oxygen atoms in total. The van der Waals surface area contributed by atoms with Gasteiger partial charge in [-0.15, -0.1) is 0 Å². The summed E-state index contributed by atoms with van der Waals surface area (Å²) in [5.41, 5.74) is 0.987. The number of carbonyl (C=O) groups excluding carboxylic acids is 1. The molecular weight excluding hydrogens is 222 g/mol. The molecule has 3 aliphatic heterocycles. The predicted octanol–water partition coefficient (Wildman–Crippen LogP) is 1.26. The summed E-state index contributed by atoms with van der Waals surface area (Å²) in [6.07, 6.45) is 1.24. The Hall–Kier alpha value is -1.91. The van der Waals surface area contributed by atoms with Crippen molar-refractivity contribution in [3.8, 4) is 17.2 Å². The van der Waals surface area contributed by atoms with Crippen LogP contribution < -0.4 is 14.2 Å².